The highest BCUT2D eigenvalue weighted by atomic mass is 79.9. The van der Waals surface area contributed by atoms with Crippen molar-refractivity contribution in [2.45, 2.75) is 17.4 Å². The molecule has 0 saturated carbocycles. The molecule has 0 aliphatic rings. The van der Waals surface area contributed by atoms with Crippen LogP contribution in [0.25, 0.3) is 0 Å². The van der Waals surface area contributed by atoms with Gasteiger partial charge in [-0.15, -0.1) is 11.8 Å². The monoisotopic (exact) mass is 403 g/mol. The molecular formula is C16H16BrCl2NS. The van der Waals surface area contributed by atoms with Gasteiger partial charge in [-0.1, -0.05) is 57.3 Å². The topological polar surface area (TPSA) is 12.0 Å². The summed E-state index contributed by atoms with van der Waals surface area (Å²) in [5.41, 5.74) is 1.15. The predicted octanol–water partition coefficient (Wildman–Crippen LogP) is 5.68. The van der Waals surface area contributed by atoms with Gasteiger partial charge in [-0.05, 0) is 43.3 Å². The lowest BCUT2D eigenvalue weighted by Gasteiger charge is -2.17. The molecule has 0 aliphatic carbocycles. The standard InChI is InChI=1S/C16H16BrCl2NS/c1-20-13(8-11-6-7-12(17)9-15(11)19)10-21-16-5-3-2-4-14(16)18/h2-7,9,13,20H,8,10H2,1H3. The van der Waals surface area contributed by atoms with E-state index in [1.54, 1.807) is 11.8 Å². The minimum atomic E-state index is 0.338. The summed E-state index contributed by atoms with van der Waals surface area (Å²) in [6.07, 6.45) is 0.889. The van der Waals surface area contributed by atoms with E-state index in [4.69, 9.17) is 23.2 Å². The van der Waals surface area contributed by atoms with Crippen LogP contribution >= 0.6 is 50.9 Å². The molecule has 0 aliphatic heterocycles. The quantitative estimate of drug-likeness (QED) is 0.621. The summed E-state index contributed by atoms with van der Waals surface area (Å²) >= 11 is 17.7. The first-order chi connectivity index (χ1) is 10.1. The molecule has 0 spiro atoms. The minimum Gasteiger partial charge on any atom is -0.316 e. The average molecular weight is 405 g/mol. The van der Waals surface area contributed by atoms with Crippen molar-refractivity contribution >= 4 is 50.9 Å². The highest BCUT2D eigenvalue weighted by Gasteiger charge is 2.11. The second-order valence-corrected chi connectivity index (χ2v) is 7.46. The van der Waals surface area contributed by atoms with Crippen LogP contribution in [0.4, 0.5) is 0 Å². The van der Waals surface area contributed by atoms with E-state index >= 15 is 0 Å². The Morgan fingerprint density at radius 2 is 1.90 bits per heavy atom. The van der Waals surface area contributed by atoms with Gasteiger partial charge in [0.25, 0.3) is 0 Å². The molecule has 2 aromatic rings. The number of nitrogens with one attached hydrogen (secondary N) is 1. The molecule has 0 aromatic heterocycles. The largest absolute Gasteiger partial charge is 0.316 e. The Morgan fingerprint density at radius 3 is 2.57 bits per heavy atom. The summed E-state index contributed by atoms with van der Waals surface area (Å²) in [5, 5.41) is 4.95. The normalized spacial score (nSPS) is 12.4. The number of hydrogen-bond donors (Lipinski definition) is 1. The third kappa shape index (κ3) is 5.19. The Bertz CT molecular complexity index is 607. The summed E-state index contributed by atoms with van der Waals surface area (Å²) in [7, 11) is 1.98. The molecule has 1 nitrogen and oxygen atoms in total. The molecule has 1 atom stereocenters. The molecule has 1 unspecified atom stereocenters. The SMILES string of the molecule is CNC(CSc1ccccc1Cl)Cc1ccc(Br)cc1Cl. The molecule has 0 bridgehead atoms. The fourth-order valence-electron chi connectivity index (χ4n) is 1.95. The van der Waals surface area contributed by atoms with E-state index in [1.807, 2.05) is 43.4 Å². The minimum absolute atomic E-state index is 0.338. The van der Waals surface area contributed by atoms with E-state index in [2.05, 4.69) is 27.3 Å². The number of halogens is 3. The Balaban J connectivity index is 1.99. The van der Waals surface area contributed by atoms with E-state index in [1.165, 1.54) is 0 Å². The maximum absolute atomic E-state index is 6.29. The molecule has 2 aromatic carbocycles. The van der Waals surface area contributed by atoms with Crippen molar-refractivity contribution in [3.8, 4) is 0 Å². The van der Waals surface area contributed by atoms with Gasteiger partial charge >= 0.3 is 0 Å². The lowest BCUT2D eigenvalue weighted by Crippen LogP contribution is -2.30. The van der Waals surface area contributed by atoms with Crippen molar-refractivity contribution in [1.82, 2.24) is 5.32 Å². The Kier molecular flexibility index (Phi) is 6.90. The highest BCUT2D eigenvalue weighted by molar-refractivity contribution is 9.10. The van der Waals surface area contributed by atoms with Crippen molar-refractivity contribution < 1.29 is 0 Å². The van der Waals surface area contributed by atoms with Gasteiger partial charge in [-0.2, -0.15) is 0 Å². The summed E-state index contributed by atoms with van der Waals surface area (Å²) in [4.78, 5) is 1.11. The van der Waals surface area contributed by atoms with Gasteiger partial charge < -0.3 is 5.32 Å². The molecule has 2 rings (SSSR count). The molecule has 0 fully saturated rings. The first kappa shape index (κ1) is 17.2. The summed E-state index contributed by atoms with van der Waals surface area (Å²) in [6, 6.07) is 14.3. The van der Waals surface area contributed by atoms with E-state index in [0.29, 0.717) is 6.04 Å². The van der Waals surface area contributed by atoms with Gasteiger partial charge in [0.1, 0.15) is 0 Å². The molecule has 5 heteroatoms. The molecule has 0 radical (unpaired) electrons. The molecule has 0 saturated heterocycles. The number of likely N-dealkylation sites (N-methyl/N-ethyl adjacent to an activating group) is 1. The summed E-state index contributed by atoms with van der Waals surface area (Å²) in [5.74, 6) is 0.937. The van der Waals surface area contributed by atoms with Crippen LogP contribution in [-0.4, -0.2) is 18.8 Å². The van der Waals surface area contributed by atoms with Crippen LogP contribution in [-0.2, 0) is 6.42 Å². The number of thioether (sulfide) groups is 1. The second-order valence-electron chi connectivity index (χ2n) is 4.67. The molecular weight excluding hydrogens is 389 g/mol. The van der Waals surface area contributed by atoms with E-state index in [0.717, 1.165) is 37.2 Å². The van der Waals surface area contributed by atoms with Crippen molar-refractivity contribution in [2.75, 3.05) is 12.8 Å². The van der Waals surface area contributed by atoms with Crippen LogP contribution < -0.4 is 5.32 Å². The number of benzene rings is 2. The van der Waals surface area contributed by atoms with E-state index in [-0.39, 0.29) is 0 Å². The van der Waals surface area contributed by atoms with Crippen molar-refractivity contribution in [3.05, 3.63) is 62.5 Å². The van der Waals surface area contributed by atoms with Gasteiger partial charge in [-0.25, -0.2) is 0 Å². The third-order valence-corrected chi connectivity index (χ3v) is 5.69. The van der Waals surface area contributed by atoms with Crippen LogP contribution in [0.1, 0.15) is 5.56 Å². The van der Waals surface area contributed by atoms with E-state index in [9.17, 15) is 0 Å². The Hall–Kier alpha value is -0.190. The number of rotatable bonds is 6. The smallest absolute Gasteiger partial charge is 0.0541 e. The molecule has 21 heavy (non-hydrogen) atoms. The highest BCUT2D eigenvalue weighted by Crippen LogP contribution is 2.28. The fraction of sp³-hybridized carbons (Fsp3) is 0.250. The summed E-state index contributed by atoms with van der Waals surface area (Å²) < 4.78 is 1.00. The van der Waals surface area contributed by atoms with Crippen molar-refractivity contribution in [1.29, 1.82) is 0 Å². The fourth-order valence-corrected chi connectivity index (χ4v) is 4.05. The zero-order valence-corrected chi connectivity index (χ0v) is 15.5. The first-order valence-corrected chi connectivity index (χ1v) is 9.12. The van der Waals surface area contributed by atoms with Crippen LogP contribution in [0.5, 0.6) is 0 Å². The molecule has 112 valence electrons. The van der Waals surface area contributed by atoms with Gasteiger partial charge in [-0.3, -0.25) is 0 Å². The van der Waals surface area contributed by atoms with Crippen molar-refractivity contribution in [3.63, 3.8) is 0 Å². The van der Waals surface area contributed by atoms with Crippen molar-refractivity contribution in [2.24, 2.45) is 0 Å². The van der Waals surface area contributed by atoms with Gasteiger partial charge in [0, 0.05) is 26.2 Å². The molecule has 1 N–H and O–H groups in total. The zero-order valence-electron chi connectivity index (χ0n) is 11.6. The van der Waals surface area contributed by atoms with Gasteiger partial charge in [0.05, 0.1) is 5.02 Å². The maximum Gasteiger partial charge on any atom is 0.0541 e. The average Bonchev–Trinajstić information content (AvgIpc) is 2.47. The molecule has 0 heterocycles. The Labute approximate surface area is 148 Å². The third-order valence-electron chi connectivity index (χ3n) is 3.17. The maximum atomic E-state index is 6.29. The lowest BCUT2D eigenvalue weighted by atomic mass is 10.1. The molecule has 0 amide bonds. The van der Waals surface area contributed by atoms with Crippen LogP contribution in [0.2, 0.25) is 10.0 Å². The van der Waals surface area contributed by atoms with Crippen LogP contribution in [0, 0.1) is 0 Å². The summed E-state index contributed by atoms with van der Waals surface area (Å²) in [6.45, 7) is 0. The second kappa shape index (κ2) is 8.44. The van der Waals surface area contributed by atoms with E-state index < -0.39 is 0 Å². The van der Waals surface area contributed by atoms with Crippen LogP contribution in [0.15, 0.2) is 51.8 Å². The Morgan fingerprint density at radius 1 is 1.14 bits per heavy atom. The van der Waals surface area contributed by atoms with Gasteiger partial charge in [0.2, 0.25) is 0 Å². The number of hydrogen-bond acceptors (Lipinski definition) is 2. The first-order valence-electron chi connectivity index (χ1n) is 6.58. The lowest BCUT2D eigenvalue weighted by molar-refractivity contribution is 0.617. The van der Waals surface area contributed by atoms with Crippen LogP contribution in [0.3, 0.4) is 0 Å². The zero-order chi connectivity index (χ0) is 15.2. The predicted molar refractivity (Wildman–Crippen MR) is 97.9 cm³/mol. The van der Waals surface area contributed by atoms with Gasteiger partial charge in [0.15, 0.2) is 0 Å².